The summed E-state index contributed by atoms with van der Waals surface area (Å²) in [6, 6.07) is 11.0. The van der Waals surface area contributed by atoms with Crippen molar-refractivity contribution >= 4 is 26.7 Å². The number of fused-ring (bicyclic) bond motifs is 1. The predicted octanol–water partition coefficient (Wildman–Crippen LogP) is 5.07. The third kappa shape index (κ3) is 1.99. The van der Waals surface area contributed by atoms with Crippen LogP contribution in [0.1, 0.15) is 24.2 Å². The Labute approximate surface area is 104 Å². The minimum absolute atomic E-state index is 0.150. The van der Waals surface area contributed by atoms with E-state index in [9.17, 15) is 4.39 Å². The first-order valence-electron chi connectivity index (χ1n) is 5.42. The second kappa shape index (κ2) is 4.54. The van der Waals surface area contributed by atoms with E-state index >= 15 is 0 Å². The van der Waals surface area contributed by atoms with Gasteiger partial charge in [-0.1, -0.05) is 60.1 Å². The molecule has 0 nitrogen and oxygen atoms in total. The van der Waals surface area contributed by atoms with Crippen molar-refractivity contribution in [2.75, 3.05) is 0 Å². The Morgan fingerprint density at radius 1 is 1.00 bits per heavy atom. The molecule has 0 heterocycles. The van der Waals surface area contributed by atoms with Gasteiger partial charge in [-0.2, -0.15) is 0 Å². The van der Waals surface area contributed by atoms with Gasteiger partial charge in [0.1, 0.15) is 5.82 Å². The SMILES string of the molecule is CC(C)C(Br)c1ccc(F)c2ccccc12. The molecular weight excluding hydrogens is 267 g/mol. The van der Waals surface area contributed by atoms with Gasteiger partial charge in [0.05, 0.1) is 0 Å². The number of alkyl halides is 1. The molecule has 0 saturated carbocycles. The van der Waals surface area contributed by atoms with Gasteiger partial charge < -0.3 is 0 Å². The summed E-state index contributed by atoms with van der Waals surface area (Å²) in [6.45, 7) is 4.30. The van der Waals surface area contributed by atoms with Crippen LogP contribution in [0, 0.1) is 11.7 Å². The first kappa shape index (κ1) is 11.6. The Hall–Kier alpha value is -0.890. The summed E-state index contributed by atoms with van der Waals surface area (Å²) in [7, 11) is 0. The lowest BCUT2D eigenvalue weighted by molar-refractivity contribution is 0.631. The topological polar surface area (TPSA) is 0 Å². The molecule has 2 rings (SSSR count). The molecule has 0 radical (unpaired) electrons. The Morgan fingerprint density at radius 2 is 1.62 bits per heavy atom. The highest BCUT2D eigenvalue weighted by atomic mass is 79.9. The van der Waals surface area contributed by atoms with Crippen molar-refractivity contribution in [1.82, 2.24) is 0 Å². The second-order valence-electron chi connectivity index (χ2n) is 4.33. The van der Waals surface area contributed by atoms with Crippen molar-refractivity contribution in [2.45, 2.75) is 18.7 Å². The highest BCUT2D eigenvalue weighted by molar-refractivity contribution is 9.09. The molecule has 16 heavy (non-hydrogen) atoms. The van der Waals surface area contributed by atoms with Crippen LogP contribution in [-0.2, 0) is 0 Å². The Bertz CT molecular complexity index is 505. The van der Waals surface area contributed by atoms with Crippen LogP contribution in [0.15, 0.2) is 36.4 Å². The van der Waals surface area contributed by atoms with Crippen LogP contribution in [0.3, 0.4) is 0 Å². The molecule has 0 aliphatic heterocycles. The van der Waals surface area contributed by atoms with Gasteiger partial charge >= 0.3 is 0 Å². The summed E-state index contributed by atoms with van der Waals surface area (Å²) in [5.41, 5.74) is 1.16. The first-order valence-corrected chi connectivity index (χ1v) is 6.34. The quantitative estimate of drug-likeness (QED) is 0.674. The number of hydrogen-bond donors (Lipinski definition) is 0. The average molecular weight is 281 g/mol. The molecule has 1 atom stereocenters. The van der Waals surface area contributed by atoms with Crippen LogP contribution in [-0.4, -0.2) is 0 Å². The van der Waals surface area contributed by atoms with E-state index in [1.54, 1.807) is 6.07 Å². The van der Waals surface area contributed by atoms with Gasteiger partial charge in [0.15, 0.2) is 0 Å². The van der Waals surface area contributed by atoms with Crippen LogP contribution < -0.4 is 0 Å². The zero-order valence-corrected chi connectivity index (χ0v) is 11.0. The van der Waals surface area contributed by atoms with E-state index in [1.807, 2.05) is 30.3 Å². The normalized spacial score (nSPS) is 13.3. The maximum Gasteiger partial charge on any atom is 0.131 e. The molecule has 0 aliphatic rings. The predicted molar refractivity (Wildman–Crippen MR) is 70.4 cm³/mol. The summed E-state index contributed by atoms with van der Waals surface area (Å²) in [6.07, 6.45) is 0. The third-order valence-electron chi connectivity index (χ3n) is 2.79. The molecule has 0 saturated heterocycles. The van der Waals surface area contributed by atoms with Crippen molar-refractivity contribution in [3.63, 3.8) is 0 Å². The standard InChI is InChI=1S/C14H14BrF/c1-9(2)14(15)12-7-8-13(16)11-6-4-3-5-10(11)12/h3-9,14H,1-2H3. The lowest BCUT2D eigenvalue weighted by atomic mass is 9.96. The maximum atomic E-state index is 13.6. The van der Waals surface area contributed by atoms with Crippen LogP contribution in [0.5, 0.6) is 0 Å². The minimum atomic E-state index is -0.150. The zero-order chi connectivity index (χ0) is 11.7. The molecule has 0 aliphatic carbocycles. The average Bonchev–Trinajstić information content (AvgIpc) is 2.29. The molecule has 84 valence electrons. The van der Waals surface area contributed by atoms with Crippen molar-refractivity contribution in [2.24, 2.45) is 5.92 Å². The minimum Gasteiger partial charge on any atom is -0.206 e. The summed E-state index contributed by atoms with van der Waals surface area (Å²) in [5, 5.41) is 1.70. The summed E-state index contributed by atoms with van der Waals surface area (Å²) >= 11 is 3.67. The van der Waals surface area contributed by atoms with E-state index in [2.05, 4.69) is 29.8 Å². The molecule has 2 aromatic rings. The van der Waals surface area contributed by atoms with Gasteiger partial charge in [-0.3, -0.25) is 0 Å². The van der Waals surface area contributed by atoms with E-state index in [0.717, 1.165) is 10.9 Å². The van der Waals surface area contributed by atoms with Gasteiger partial charge in [-0.25, -0.2) is 4.39 Å². The molecule has 0 amide bonds. The largest absolute Gasteiger partial charge is 0.206 e. The van der Waals surface area contributed by atoms with E-state index in [1.165, 1.54) is 0 Å². The van der Waals surface area contributed by atoms with Gasteiger partial charge in [0.2, 0.25) is 0 Å². The maximum absolute atomic E-state index is 13.6. The second-order valence-corrected chi connectivity index (χ2v) is 5.31. The van der Waals surface area contributed by atoms with E-state index in [-0.39, 0.29) is 10.6 Å². The molecule has 0 bridgehead atoms. The van der Waals surface area contributed by atoms with E-state index in [4.69, 9.17) is 0 Å². The number of rotatable bonds is 2. The zero-order valence-electron chi connectivity index (χ0n) is 9.37. The molecule has 2 heteroatoms. The first-order chi connectivity index (χ1) is 7.61. The van der Waals surface area contributed by atoms with E-state index in [0.29, 0.717) is 11.3 Å². The lowest BCUT2D eigenvalue weighted by Gasteiger charge is -2.16. The lowest BCUT2D eigenvalue weighted by Crippen LogP contribution is -2.00. The summed E-state index contributed by atoms with van der Waals surface area (Å²) in [5.74, 6) is 0.330. The fourth-order valence-corrected chi connectivity index (χ4v) is 2.28. The monoisotopic (exact) mass is 280 g/mol. The van der Waals surface area contributed by atoms with Gasteiger partial charge in [0.25, 0.3) is 0 Å². The molecule has 2 aromatic carbocycles. The molecule has 0 spiro atoms. The van der Waals surface area contributed by atoms with Crippen LogP contribution in [0.2, 0.25) is 0 Å². The fraction of sp³-hybridized carbons (Fsp3) is 0.286. The number of halogens is 2. The highest BCUT2D eigenvalue weighted by Gasteiger charge is 2.15. The number of hydrogen-bond acceptors (Lipinski definition) is 0. The Morgan fingerprint density at radius 3 is 2.25 bits per heavy atom. The highest BCUT2D eigenvalue weighted by Crippen LogP contribution is 2.35. The fourth-order valence-electron chi connectivity index (χ4n) is 1.89. The van der Waals surface area contributed by atoms with Crippen LogP contribution in [0.4, 0.5) is 4.39 Å². The summed E-state index contributed by atoms with van der Waals surface area (Å²) in [4.78, 5) is 0.262. The molecule has 0 fully saturated rings. The summed E-state index contributed by atoms with van der Waals surface area (Å²) < 4.78 is 13.6. The third-order valence-corrected chi connectivity index (χ3v) is 4.34. The van der Waals surface area contributed by atoms with Crippen molar-refractivity contribution in [3.05, 3.63) is 47.8 Å². The van der Waals surface area contributed by atoms with Crippen molar-refractivity contribution in [1.29, 1.82) is 0 Å². The van der Waals surface area contributed by atoms with Crippen LogP contribution >= 0.6 is 15.9 Å². The van der Waals surface area contributed by atoms with Crippen molar-refractivity contribution in [3.8, 4) is 0 Å². The van der Waals surface area contributed by atoms with Gasteiger partial charge in [0, 0.05) is 10.2 Å². The molecule has 0 aromatic heterocycles. The van der Waals surface area contributed by atoms with Crippen molar-refractivity contribution < 1.29 is 4.39 Å². The van der Waals surface area contributed by atoms with Gasteiger partial charge in [-0.15, -0.1) is 0 Å². The van der Waals surface area contributed by atoms with Crippen LogP contribution in [0.25, 0.3) is 10.8 Å². The molecule has 0 N–H and O–H groups in total. The van der Waals surface area contributed by atoms with E-state index < -0.39 is 0 Å². The Balaban J connectivity index is 2.67. The molecular formula is C14H14BrF. The number of benzene rings is 2. The van der Waals surface area contributed by atoms with Gasteiger partial charge in [-0.05, 0) is 22.9 Å². The smallest absolute Gasteiger partial charge is 0.131 e. The molecule has 1 unspecified atom stereocenters. The Kier molecular flexibility index (Phi) is 3.29.